The second kappa shape index (κ2) is 7.10. The van der Waals surface area contributed by atoms with E-state index >= 15 is 0 Å². The number of rotatable bonds is 3. The predicted octanol–water partition coefficient (Wildman–Crippen LogP) is 1.15. The van der Waals surface area contributed by atoms with E-state index in [1.165, 1.54) is 7.11 Å². The molecule has 2 aliphatic rings. The molecule has 1 aromatic rings. The molecular weight excluding hydrogens is 294 g/mol. The Morgan fingerprint density at radius 3 is 2.70 bits per heavy atom. The summed E-state index contributed by atoms with van der Waals surface area (Å²) < 4.78 is 4.85. The van der Waals surface area contributed by atoms with Gasteiger partial charge in [-0.3, -0.25) is 4.79 Å². The van der Waals surface area contributed by atoms with E-state index in [9.17, 15) is 9.59 Å². The maximum atomic E-state index is 12.8. The molecule has 2 saturated heterocycles. The van der Waals surface area contributed by atoms with Crippen molar-refractivity contribution in [2.45, 2.75) is 43.8 Å². The van der Waals surface area contributed by atoms with E-state index in [1.807, 2.05) is 30.3 Å². The first kappa shape index (κ1) is 16.0. The molecule has 3 rings (SSSR count). The number of esters is 1. The fraction of sp³-hybridized carbons (Fsp3) is 0.529. The van der Waals surface area contributed by atoms with Crippen LogP contribution in [-0.4, -0.2) is 42.5 Å². The Balaban J connectivity index is 1.67. The van der Waals surface area contributed by atoms with Crippen LogP contribution >= 0.6 is 0 Å². The fourth-order valence-electron chi connectivity index (χ4n) is 3.40. The van der Waals surface area contributed by atoms with Crippen LogP contribution in [0.5, 0.6) is 0 Å². The van der Waals surface area contributed by atoms with Crippen molar-refractivity contribution in [2.75, 3.05) is 13.7 Å². The summed E-state index contributed by atoms with van der Waals surface area (Å²) >= 11 is 0. The molecule has 0 spiro atoms. The molecule has 3 atom stereocenters. The molecule has 124 valence electrons. The van der Waals surface area contributed by atoms with Crippen molar-refractivity contribution >= 4 is 11.9 Å². The highest BCUT2D eigenvalue weighted by atomic mass is 16.5. The summed E-state index contributed by atoms with van der Waals surface area (Å²) in [5.74, 6) is -0.338. The molecule has 1 aromatic carbocycles. The zero-order chi connectivity index (χ0) is 16.2. The van der Waals surface area contributed by atoms with Crippen LogP contribution in [0.3, 0.4) is 0 Å². The van der Waals surface area contributed by atoms with Gasteiger partial charge in [0, 0.05) is 12.6 Å². The van der Waals surface area contributed by atoms with Crippen LogP contribution in [-0.2, 0) is 14.3 Å². The minimum atomic E-state index is -0.446. The maximum Gasteiger partial charge on any atom is 0.328 e. The quantitative estimate of drug-likeness (QED) is 0.818. The first-order valence-corrected chi connectivity index (χ1v) is 8.15. The number of nitrogens with zero attached hydrogens (tertiary/aromatic N) is 1. The number of carbonyl (C=O) groups is 2. The molecule has 6 heteroatoms. The molecular formula is C17H23N3O3. The number of methoxy groups -OCH3 is 1. The Bertz CT molecular complexity index is 563. The van der Waals surface area contributed by atoms with Crippen LogP contribution in [0.1, 0.15) is 37.3 Å². The Labute approximate surface area is 136 Å². The molecule has 0 radical (unpaired) electrons. The van der Waals surface area contributed by atoms with E-state index in [0.29, 0.717) is 19.4 Å². The van der Waals surface area contributed by atoms with Gasteiger partial charge in [0.05, 0.1) is 7.11 Å². The van der Waals surface area contributed by atoms with Crippen molar-refractivity contribution in [1.29, 1.82) is 0 Å². The Kier molecular flexibility index (Phi) is 4.93. The Hall–Kier alpha value is -1.92. The Morgan fingerprint density at radius 1 is 1.17 bits per heavy atom. The third-order valence-electron chi connectivity index (χ3n) is 4.66. The number of carbonyl (C=O) groups excluding carboxylic acids is 2. The van der Waals surface area contributed by atoms with E-state index < -0.39 is 6.04 Å². The number of ether oxygens (including phenoxy) is 1. The number of amides is 1. The number of likely N-dealkylation sites (tertiary alicyclic amines) is 1. The molecule has 0 aliphatic carbocycles. The van der Waals surface area contributed by atoms with Crippen LogP contribution in [0, 0.1) is 0 Å². The Morgan fingerprint density at radius 2 is 1.96 bits per heavy atom. The molecule has 2 fully saturated rings. The monoisotopic (exact) mass is 317 g/mol. The summed E-state index contributed by atoms with van der Waals surface area (Å²) in [6.45, 7) is 0.618. The second-order valence-electron chi connectivity index (χ2n) is 6.11. The van der Waals surface area contributed by atoms with Gasteiger partial charge < -0.3 is 9.64 Å². The number of hydrogen-bond donors (Lipinski definition) is 2. The minimum absolute atomic E-state index is 0.0222. The van der Waals surface area contributed by atoms with Crippen molar-refractivity contribution < 1.29 is 14.3 Å². The molecule has 0 aromatic heterocycles. The lowest BCUT2D eigenvalue weighted by molar-refractivity contribution is -0.155. The maximum absolute atomic E-state index is 12.8. The number of hydrogen-bond acceptors (Lipinski definition) is 5. The molecule has 1 amide bonds. The highest BCUT2D eigenvalue weighted by Gasteiger charge is 2.39. The first-order valence-electron chi connectivity index (χ1n) is 8.15. The van der Waals surface area contributed by atoms with Gasteiger partial charge in [-0.25, -0.2) is 15.6 Å². The van der Waals surface area contributed by atoms with Crippen LogP contribution in [0.25, 0.3) is 0 Å². The molecule has 2 N–H and O–H groups in total. The SMILES string of the molecule is COC(=O)C1CCCCN1C(=O)C1CC(c2ccccc2)NN1. The highest BCUT2D eigenvalue weighted by Crippen LogP contribution is 2.25. The zero-order valence-electron chi connectivity index (χ0n) is 13.3. The van der Waals surface area contributed by atoms with Crippen LogP contribution < -0.4 is 10.9 Å². The third kappa shape index (κ3) is 3.38. The number of benzene rings is 1. The molecule has 6 nitrogen and oxygen atoms in total. The number of nitrogens with one attached hydrogen (secondary N) is 2. The summed E-state index contributed by atoms with van der Waals surface area (Å²) in [6, 6.07) is 9.39. The summed E-state index contributed by atoms with van der Waals surface area (Å²) in [7, 11) is 1.38. The van der Waals surface area contributed by atoms with Gasteiger partial charge in [0.2, 0.25) is 5.91 Å². The van der Waals surface area contributed by atoms with Crippen molar-refractivity contribution in [3.63, 3.8) is 0 Å². The normalized spacial score (nSPS) is 27.7. The zero-order valence-corrected chi connectivity index (χ0v) is 13.3. The molecule has 23 heavy (non-hydrogen) atoms. The van der Waals surface area contributed by atoms with Crippen molar-refractivity contribution in [2.24, 2.45) is 0 Å². The third-order valence-corrected chi connectivity index (χ3v) is 4.66. The molecule has 2 heterocycles. The first-order chi connectivity index (χ1) is 11.2. The topological polar surface area (TPSA) is 70.7 Å². The van der Waals surface area contributed by atoms with Gasteiger partial charge in [-0.1, -0.05) is 30.3 Å². The van der Waals surface area contributed by atoms with Gasteiger partial charge in [0.15, 0.2) is 0 Å². The van der Waals surface area contributed by atoms with Crippen molar-refractivity contribution in [3.8, 4) is 0 Å². The lowest BCUT2D eigenvalue weighted by Crippen LogP contribution is -2.54. The highest BCUT2D eigenvalue weighted by molar-refractivity contribution is 5.88. The molecule has 3 unspecified atom stereocenters. The van der Waals surface area contributed by atoms with Gasteiger partial charge in [-0.05, 0) is 31.2 Å². The van der Waals surface area contributed by atoms with Gasteiger partial charge >= 0.3 is 5.97 Å². The lowest BCUT2D eigenvalue weighted by atomic mass is 9.98. The molecule has 0 saturated carbocycles. The van der Waals surface area contributed by atoms with E-state index in [1.54, 1.807) is 4.90 Å². The smallest absolute Gasteiger partial charge is 0.328 e. The lowest BCUT2D eigenvalue weighted by Gasteiger charge is -2.35. The largest absolute Gasteiger partial charge is 0.467 e. The van der Waals surface area contributed by atoms with E-state index in [4.69, 9.17) is 4.74 Å². The standard InChI is InChI=1S/C17H23N3O3/c1-23-17(22)15-9-5-6-10-20(15)16(21)14-11-13(18-19-14)12-7-3-2-4-8-12/h2-4,7-8,13-15,18-19H,5-6,9-11H2,1H3. The van der Waals surface area contributed by atoms with Gasteiger partial charge in [-0.2, -0.15) is 0 Å². The van der Waals surface area contributed by atoms with Crippen LogP contribution in [0.4, 0.5) is 0 Å². The average molecular weight is 317 g/mol. The van der Waals surface area contributed by atoms with Gasteiger partial charge in [0.1, 0.15) is 12.1 Å². The van der Waals surface area contributed by atoms with Crippen molar-refractivity contribution in [1.82, 2.24) is 15.8 Å². The minimum Gasteiger partial charge on any atom is -0.467 e. The summed E-state index contributed by atoms with van der Waals surface area (Å²) in [6.07, 6.45) is 3.24. The van der Waals surface area contributed by atoms with E-state index in [2.05, 4.69) is 10.9 Å². The van der Waals surface area contributed by atoms with E-state index in [-0.39, 0.29) is 24.0 Å². The number of hydrazine groups is 1. The van der Waals surface area contributed by atoms with E-state index in [0.717, 1.165) is 18.4 Å². The molecule has 0 bridgehead atoms. The van der Waals surface area contributed by atoms with Crippen molar-refractivity contribution in [3.05, 3.63) is 35.9 Å². The van der Waals surface area contributed by atoms with Crippen LogP contribution in [0.15, 0.2) is 30.3 Å². The van der Waals surface area contributed by atoms with Crippen LogP contribution in [0.2, 0.25) is 0 Å². The fourth-order valence-corrected chi connectivity index (χ4v) is 3.40. The predicted molar refractivity (Wildman–Crippen MR) is 85.2 cm³/mol. The summed E-state index contributed by atoms with van der Waals surface area (Å²) in [4.78, 5) is 26.4. The summed E-state index contributed by atoms with van der Waals surface area (Å²) in [5, 5.41) is 0. The van der Waals surface area contributed by atoms with Gasteiger partial charge in [0.25, 0.3) is 0 Å². The second-order valence-corrected chi connectivity index (χ2v) is 6.11. The summed E-state index contributed by atoms with van der Waals surface area (Å²) in [5.41, 5.74) is 7.43. The van der Waals surface area contributed by atoms with Gasteiger partial charge in [-0.15, -0.1) is 0 Å². The average Bonchev–Trinajstić information content (AvgIpc) is 3.11. The number of piperidine rings is 1. The molecule has 2 aliphatic heterocycles.